The summed E-state index contributed by atoms with van der Waals surface area (Å²) in [6.07, 6.45) is 1.46. The highest BCUT2D eigenvalue weighted by Gasteiger charge is 2.19. The number of nitrogens with one attached hydrogen (secondary N) is 1. The van der Waals surface area contributed by atoms with E-state index in [2.05, 4.69) is 5.32 Å². The second kappa shape index (κ2) is 9.47. The fourth-order valence-corrected chi connectivity index (χ4v) is 2.79. The average Bonchev–Trinajstić information content (AvgIpc) is 3.24. The lowest BCUT2D eigenvalue weighted by molar-refractivity contribution is -0.123. The molecule has 154 valence electrons. The van der Waals surface area contributed by atoms with Gasteiger partial charge in [0.25, 0.3) is 5.91 Å². The van der Waals surface area contributed by atoms with Crippen molar-refractivity contribution in [3.63, 3.8) is 0 Å². The zero-order valence-corrected chi connectivity index (χ0v) is 16.6. The molecule has 1 amide bonds. The van der Waals surface area contributed by atoms with Crippen LogP contribution in [0, 0.1) is 11.3 Å². The second-order valence-electron chi connectivity index (χ2n) is 6.22. The molecule has 0 unspecified atom stereocenters. The van der Waals surface area contributed by atoms with E-state index >= 15 is 0 Å². The summed E-state index contributed by atoms with van der Waals surface area (Å²) in [6, 6.07) is 11.6. The van der Waals surface area contributed by atoms with Gasteiger partial charge in [0, 0.05) is 12.1 Å². The van der Waals surface area contributed by atoms with Gasteiger partial charge in [-0.05, 0) is 48.9 Å². The van der Waals surface area contributed by atoms with Gasteiger partial charge in [-0.25, -0.2) is 0 Å². The van der Waals surface area contributed by atoms with Crippen LogP contribution in [0.3, 0.4) is 0 Å². The predicted molar refractivity (Wildman–Crippen MR) is 108 cm³/mol. The minimum absolute atomic E-state index is 0.0492. The number of amides is 1. The van der Waals surface area contributed by atoms with Crippen molar-refractivity contribution in [1.82, 2.24) is 5.32 Å². The van der Waals surface area contributed by atoms with E-state index in [4.69, 9.17) is 18.9 Å². The summed E-state index contributed by atoms with van der Waals surface area (Å²) in [4.78, 5) is 24.3. The van der Waals surface area contributed by atoms with Crippen molar-refractivity contribution in [3.8, 4) is 29.1 Å². The number of ketones is 1. The third-order valence-corrected chi connectivity index (χ3v) is 4.23. The number of hydrogen-bond acceptors (Lipinski definition) is 7. The number of nitrogens with zero attached hydrogens (tertiary/aromatic N) is 1. The van der Waals surface area contributed by atoms with E-state index in [1.165, 1.54) is 13.2 Å². The van der Waals surface area contributed by atoms with Gasteiger partial charge in [0.15, 0.2) is 29.6 Å². The lowest BCUT2D eigenvalue weighted by Gasteiger charge is -2.11. The van der Waals surface area contributed by atoms with E-state index in [0.29, 0.717) is 40.7 Å². The quantitative estimate of drug-likeness (QED) is 0.407. The number of benzene rings is 2. The van der Waals surface area contributed by atoms with Gasteiger partial charge in [-0.1, -0.05) is 6.07 Å². The molecule has 0 atom stereocenters. The highest BCUT2D eigenvalue weighted by molar-refractivity contribution is 6.14. The second-order valence-corrected chi connectivity index (χ2v) is 6.22. The van der Waals surface area contributed by atoms with E-state index in [-0.39, 0.29) is 24.9 Å². The molecule has 1 aliphatic rings. The van der Waals surface area contributed by atoms with Gasteiger partial charge >= 0.3 is 0 Å². The Bertz CT molecular complexity index is 1040. The molecule has 0 fully saturated rings. The zero-order chi connectivity index (χ0) is 21.5. The topological polar surface area (TPSA) is 107 Å². The maximum Gasteiger partial charge on any atom is 0.257 e. The van der Waals surface area contributed by atoms with Crippen molar-refractivity contribution >= 4 is 17.8 Å². The van der Waals surface area contributed by atoms with E-state index < -0.39 is 5.78 Å². The van der Waals surface area contributed by atoms with Gasteiger partial charge in [0.1, 0.15) is 11.6 Å². The summed E-state index contributed by atoms with van der Waals surface area (Å²) in [5.74, 6) is 1.09. The number of carbonyl (C=O) groups excluding carboxylic acids is 2. The Morgan fingerprint density at radius 3 is 2.70 bits per heavy atom. The fraction of sp³-hybridized carbons (Fsp3) is 0.227. The van der Waals surface area contributed by atoms with Gasteiger partial charge in [-0.3, -0.25) is 9.59 Å². The Morgan fingerprint density at radius 1 is 1.17 bits per heavy atom. The summed E-state index contributed by atoms with van der Waals surface area (Å²) < 4.78 is 21.3. The molecule has 3 rings (SSSR count). The zero-order valence-electron chi connectivity index (χ0n) is 16.6. The minimum Gasteiger partial charge on any atom is -0.493 e. The number of ether oxygens (including phenoxy) is 4. The molecular weight excluding hydrogens is 388 g/mol. The number of hydrogen-bond donors (Lipinski definition) is 1. The van der Waals surface area contributed by atoms with Crippen molar-refractivity contribution in [1.29, 1.82) is 5.26 Å². The maximum atomic E-state index is 12.8. The average molecular weight is 408 g/mol. The van der Waals surface area contributed by atoms with E-state index in [1.807, 2.05) is 13.0 Å². The highest BCUT2D eigenvalue weighted by atomic mass is 16.7. The summed E-state index contributed by atoms with van der Waals surface area (Å²) in [7, 11) is 1.46. The van der Waals surface area contributed by atoms with Crippen LogP contribution < -0.4 is 24.3 Å². The lowest BCUT2D eigenvalue weighted by Crippen LogP contribution is -2.28. The smallest absolute Gasteiger partial charge is 0.257 e. The number of methoxy groups -OCH3 is 1. The van der Waals surface area contributed by atoms with Crippen LogP contribution in [0.25, 0.3) is 6.08 Å². The van der Waals surface area contributed by atoms with Crippen molar-refractivity contribution in [3.05, 3.63) is 53.1 Å². The number of likely N-dealkylation sites (N-methyl/N-ethyl adjacent to an activating group) is 1. The van der Waals surface area contributed by atoms with Gasteiger partial charge < -0.3 is 24.3 Å². The van der Waals surface area contributed by atoms with Crippen LogP contribution in [-0.2, 0) is 4.79 Å². The minimum atomic E-state index is -0.439. The lowest BCUT2D eigenvalue weighted by atomic mass is 10.0. The first-order chi connectivity index (χ1) is 14.5. The molecule has 0 saturated heterocycles. The van der Waals surface area contributed by atoms with Crippen molar-refractivity contribution < 1.29 is 28.5 Å². The standard InChI is InChI=1S/C22H20N2O6/c1-3-24-21(25)12-28-17-6-4-14(9-19(17)27-2)8-16(11-23)22(26)15-5-7-18-20(10-15)30-13-29-18/h4-10H,3,12-13H2,1-2H3,(H,24,25). The fourth-order valence-electron chi connectivity index (χ4n) is 2.79. The van der Waals surface area contributed by atoms with Crippen LogP contribution in [0.15, 0.2) is 42.0 Å². The summed E-state index contributed by atoms with van der Waals surface area (Å²) in [6.45, 7) is 2.28. The molecule has 1 aliphatic heterocycles. The van der Waals surface area contributed by atoms with Crippen molar-refractivity contribution in [2.45, 2.75) is 6.92 Å². The Hall–Kier alpha value is -3.99. The molecule has 0 aliphatic carbocycles. The Balaban J connectivity index is 1.80. The van der Waals surface area contributed by atoms with Gasteiger partial charge in [-0.2, -0.15) is 5.26 Å². The first kappa shape index (κ1) is 20.7. The molecule has 2 aromatic carbocycles. The summed E-state index contributed by atoms with van der Waals surface area (Å²) >= 11 is 0. The van der Waals surface area contributed by atoms with Crippen LogP contribution >= 0.6 is 0 Å². The maximum absolute atomic E-state index is 12.8. The van der Waals surface area contributed by atoms with Crippen LogP contribution in [-0.4, -0.2) is 38.7 Å². The van der Waals surface area contributed by atoms with E-state index in [0.717, 1.165) is 0 Å². The van der Waals surface area contributed by atoms with Crippen LogP contribution in [0.5, 0.6) is 23.0 Å². The number of allylic oxidation sites excluding steroid dienone is 1. The number of fused-ring (bicyclic) bond motifs is 1. The molecule has 0 bridgehead atoms. The van der Waals surface area contributed by atoms with Crippen molar-refractivity contribution in [2.75, 3.05) is 27.1 Å². The van der Waals surface area contributed by atoms with E-state index in [1.54, 1.807) is 36.4 Å². The highest BCUT2D eigenvalue weighted by Crippen LogP contribution is 2.33. The Kier molecular flexibility index (Phi) is 6.55. The molecule has 0 aromatic heterocycles. The van der Waals surface area contributed by atoms with E-state index in [9.17, 15) is 14.9 Å². The number of carbonyl (C=O) groups is 2. The largest absolute Gasteiger partial charge is 0.493 e. The molecule has 1 heterocycles. The third-order valence-electron chi connectivity index (χ3n) is 4.23. The Labute approximate surface area is 173 Å². The normalized spacial score (nSPS) is 12.1. The number of Topliss-reactive ketones (excluding diaryl/α,β-unsaturated/α-hetero) is 1. The Morgan fingerprint density at radius 2 is 1.97 bits per heavy atom. The molecule has 30 heavy (non-hydrogen) atoms. The number of rotatable bonds is 8. The van der Waals surface area contributed by atoms with Crippen LogP contribution in [0.2, 0.25) is 0 Å². The molecule has 0 saturated carbocycles. The summed E-state index contributed by atoms with van der Waals surface area (Å²) in [5, 5.41) is 12.1. The monoisotopic (exact) mass is 408 g/mol. The molecular formula is C22H20N2O6. The molecule has 8 heteroatoms. The first-order valence-electron chi connectivity index (χ1n) is 9.19. The van der Waals surface area contributed by atoms with Gasteiger partial charge in [-0.15, -0.1) is 0 Å². The first-order valence-corrected chi connectivity index (χ1v) is 9.19. The molecule has 0 spiro atoms. The van der Waals surface area contributed by atoms with Crippen molar-refractivity contribution in [2.24, 2.45) is 0 Å². The van der Waals surface area contributed by atoms with Gasteiger partial charge in [0.2, 0.25) is 12.6 Å². The molecule has 2 aromatic rings. The third kappa shape index (κ3) is 4.70. The molecule has 0 radical (unpaired) electrons. The predicted octanol–water partition coefficient (Wildman–Crippen LogP) is 2.73. The molecule has 1 N–H and O–H groups in total. The van der Waals surface area contributed by atoms with Crippen LogP contribution in [0.1, 0.15) is 22.8 Å². The molecule has 8 nitrogen and oxygen atoms in total. The summed E-state index contributed by atoms with van der Waals surface area (Å²) in [5.41, 5.74) is 0.843. The number of nitriles is 1. The van der Waals surface area contributed by atoms with Gasteiger partial charge in [0.05, 0.1) is 7.11 Å². The van der Waals surface area contributed by atoms with Crippen LogP contribution in [0.4, 0.5) is 0 Å². The SMILES string of the molecule is CCNC(=O)COc1ccc(C=C(C#N)C(=O)c2ccc3c(c2)OCO3)cc1OC.